The van der Waals surface area contributed by atoms with Gasteiger partial charge in [0.2, 0.25) is 5.91 Å². The van der Waals surface area contributed by atoms with Crippen LogP contribution in [0.25, 0.3) is 22.6 Å². The monoisotopic (exact) mass is 391 g/mol. The number of carbonyl (C=O) groups excluding carboxylic acids is 1. The normalized spacial score (nSPS) is 17.8. The Balaban J connectivity index is 1.75. The molecule has 2 aromatic heterocycles. The summed E-state index contributed by atoms with van der Waals surface area (Å²) in [6.07, 6.45) is -0.459. The Morgan fingerprint density at radius 3 is 2.79 bits per heavy atom. The first kappa shape index (κ1) is 18.6. The number of alkyl halides is 3. The SMILES string of the molecule is CCCC1CC(=O)N(Cn2c(-c3ccco3)nc3cc(C(F)(F)F)ccc32)C1. The highest BCUT2D eigenvalue weighted by molar-refractivity contribution is 5.82. The maximum Gasteiger partial charge on any atom is 0.416 e. The van der Waals surface area contributed by atoms with E-state index in [0.717, 1.165) is 25.0 Å². The molecule has 8 heteroatoms. The van der Waals surface area contributed by atoms with E-state index in [1.807, 2.05) is 0 Å². The summed E-state index contributed by atoms with van der Waals surface area (Å²) < 4.78 is 46.4. The second-order valence-corrected chi connectivity index (χ2v) is 7.16. The fraction of sp³-hybridized carbons (Fsp3) is 0.400. The lowest BCUT2D eigenvalue weighted by Crippen LogP contribution is -2.28. The van der Waals surface area contributed by atoms with E-state index in [2.05, 4.69) is 11.9 Å². The Hall–Kier alpha value is -2.77. The van der Waals surface area contributed by atoms with E-state index in [1.54, 1.807) is 21.6 Å². The quantitative estimate of drug-likeness (QED) is 0.620. The van der Waals surface area contributed by atoms with Gasteiger partial charge in [0.1, 0.15) is 0 Å². The molecule has 0 bridgehead atoms. The Bertz CT molecular complexity index is 992. The number of aromatic nitrogens is 2. The number of imidazole rings is 1. The smallest absolute Gasteiger partial charge is 0.416 e. The van der Waals surface area contributed by atoms with Crippen molar-refractivity contribution in [3.8, 4) is 11.6 Å². The molecule has 1 aromatic carbocycles. The van der Waals surface area contributed by atoms with E-state index in [4.69, 9.17) is 4.42 Å². The zero-order valence-corrected chi connectivity index (χ0v) is 15.4. The molecule has 1 unspecified atom stereocenters. The van der Waals surface area contributed by atoms with Crippen LogP contribution in [-0.2, 0) is 17.6 Å². The lowest BCUT2D eigenvalue weighted by atomic mass is 10.0. The highest BCUT2D eigenvalue weighted by Gasteiger charge is 2.33. The summed E-state index contributed by atoms with van der Waals surface area (Å²) in [6, 6.07) is 6.87. The molecule has 1 aliphatic heterocycles. The second kappa shape index (κ2) is 7.00. The summed E-state index contributed by atoms with van der Waals surface area (Å²) in [4.78, 5) is 18.5. The Morgan fingerprint density at radius 1 is 1.29 bits per heavy atom. The summed E-state index contributed by atoms with van der Waals surface area (Å²) in [5.41, 5.74) is 0.0000225. The van der Waals surface area contributed by atoms with Gasteiger partial charge in [0, 0.05) is 13.0 Å². The molecule has 0 radical (unpaired) electrons. The number of carbonyl (C=O) groups is 1. The first-order chi connectivity index (χ1) is 13.4. The molecule has 0 aliphatic carbocycles. The van der Waals surface area contributed by atoms with Gasteiger partial charge in [-0.3, -0.25) is 4.79 Å². The molecular formula is C20H20F3N3O2. The van der Waals surface area contributed by atoms with Crippen LogP contribution >= 0.6 is 0 Å². The van der Waals surface area contributed by atoms with Crippen molar-refractivity contribution < 1.29 is 22.4 Å². The summed E-state index contributed by atoms with van der Waals surface area (Å²) in [5, 5.41) is 0. The lowest BCUT2D eigenvalue weighted by Gasteiger charge is -2.19. The third-order valence-electron chi connectivity index (χ3n) is 5.12. The number of halogens is 3. The van der Waals surface area contributed by atoms with Crippen molar-refractivity contribution in [3.63, 3.8) is 0 Å². The molecule has 4 rings (SSSR count). The fourth-order valence-corrected chi connectivity index (χ4v) is 3.81. The maximum absolute atomic E-state index is 13.1. The van der Waals surface area contributed by atoms with Crippen LogP contribution in [0.3, 0.4) is 0 Å². The van der Waals surface area contributed by atoms with Gasteiger partial charge >= 0.3 is 6.18 Å². The van der Waals surface area contributed by atoms with Crippen molar-refractivity contribution in [3.05, 3.63) is 42.2 Å². The fourth-order valence-electron chi connectivity index (χ4n) is 3.81. The number of fused-ring (bicyclic) bond motifs is 1. The molecule has 1 fully saturated rings. The minimum atomic E-state index is -4.44. The number of likely N-dealkylation sites (tertiary alicyclic amines) is 1. The van der Waals surface area contributed by atoms with Crippen molar-refractivity contribution >= 4 is 16.9 Å². The number of nitrogens with zero attached hydrogens (tertiary/aromatic N) is 3. The Kier molecular flexibility index (Phi) is 4.64. The average molecular weight is 391 g/mol. The van der Waals surface area contributed by atoms with Gasteiger partial charge in [-0.15, -0.1) is 0 Å². The number of benzene rings is 1. The van der Waals surface area contributed by atoms with E-state index >= 15 is 0 Å². The first-order valence-corrected chi connectivity index (χ1v) is 9.26. The third-order valence-corrected chi connectivity index (χ3v) is 5.12. The van der Waals surface area contributed by atoms with E-state index in [0.29, 0.717) is 36.0 Å². The summed E-state index contributed by atoms with van der Waals surface area (Å²) in [5.74, 6) is 1.22. The van der Waals surface area contributed by atoms with Gasteiger partial charge in [-0.25, -0.2) is 4.98 Å². The van der Waals surface area contributed by atoms with Gasteiger partial charge in [0.15, 0.2) is 11.6 Å². The van der Waals surface area contributed by atoms with Gasteiger partial charge in [0.05, 0.1) is 29.5 Å². The molecule has 1 atom stereocenters. The average Bonchev–Trinajstić information content (AvgIpc) is 3.34. The van der Waals surface area contributed by atoms with Gasteiger partial charge in [-0.05, 0) is 42.7 Å². The molecule has 0 saturated carbocycles. The van der Waals surface area contributed by atoms with Gasteiger partial charge in [-0.2, -0.15) is 13.2 Å². The zero-order chi connectivity index (χ0) is 19.9. The van der Waals surface area contributed by atoms with Gasteiger partial charge < -0.3 is 13.9 Å². The molecule has 1 amide bonds. The van der Waals surface area contributed by atoms with Crippen molar-refractivity contribution in [2.24, 2.45) is 5.92 Å². The van der Waals surface area contributed by atoms with Crippen LogP contribution in [0.2, 0.25) is 0 Å². The lowest BCUT2D eigenvalue weighted by molar-refractivity contribution is -0.137. The van der Waals surface area contributed by atoms with Crippen LogP contribution in [0.4, 0.5) is 13.2 Å². The number of hydrogen-bond acceptors (Lipinski definition) is 3. The third kappa shape index (κ3) is 3.39. The summed E-state index contributed by atoms with van der Waals surface area (Å²) in [7, 11) is 0. The van der Waals surface area contributed by atoms with Crippen LogP contribution in [0.5, 0.6) is 0 Å². The summed E-state index contributed by atoms with van der Waals surface area (Å²) in [6.45, 7) is 2.96. The van der Waals surface area contributed by atoms with E-state index in [1.165, 1.54) is 12.3 Å². The maximum atomic E-state index is 13.1. The Labute approximate surface area is 159 Å². The predicted molar refractivity (Wildman–Crippen MR) is 97.2 cm³/mol. The number of amides is 1. The second-order valence-electron chi connectivity index (χ2n) is 7.16. The van der Waals surface area contributed by atoms with E-state index in [9.17, 15) is 18.0 Å². The molecule has 28 heavy (non-hydrogen) atoms. The largest absolute Gasteiger partial charge is 0.461 e. The van der Waals surface area contributed by atoms with Crippen LogP contribution in [-0.4, -0.2) is 26.9 Å². The highest BCUT2D eigenvalue weighted by Crippen LogP contribution is 2.34. The molecule has 1 aliphatic rings. The standard InChI is InChI=1S/C20H20F3N3O2/c1-2-4-13-9-18(27)25(11-13)12-26-16-7-6-14(20(21,22)23)10-15(16)24-19(26)17-5-3-8-28-17/h3,5-8,10,13H,2,4,9,11-12H2,1H3. The van der Waals surface area contributed by atoms with E-state index in [-0.39, 0.29) is 18.1 Å². The first-order valence-electron chi connectivity index (χ1n) is 9.26. The molecule has 3 aromatic rings. The molecular weight excluding hydrogens is 371 g/mol. The van der Waals surface area contributed by atoms with Crippen LogP contribution < -0.4 is 0 Å². The van der Waals surface area contributed by atoms with E-state index < -0.39 is 11.7 Å². The number of hydrogen-bond donors (Lipinski definition) is 0. The van der Waals surface area contributed by atoms with Gasteiger partial charge in [-0.1, -0.05) is 13.3 Å². The molecule has 0 N–H and O–H groups in total. The van der Waals surface area contributed by atoms with Crippen LogP contribution in [0.1, 0.15) is 31.7 Å². The molecule has 1 saturated heterocycles. The van der Waals surface area contributed by atoms with Crippen molar-refractivity contribution in [1.82, 2.24) is 14.5 Å². The highest BCUT2D eigenvalue weighted by atomic mass is 19.4. The van der Waals surface area contributed by atoms with Crippen molar-refractivity contribution in [2.75, 3.05) is 6.54 Å². The molecule has 3 heterocycles. The summed E-state index contributed by atoms with van der Waals surface area (Å²) >= 11 is 0. The Morgan fingerprint density at radius 2 is 2.11 bits per heavy atom. The van der Waals surface area contributed by atoms with Crippen molar-refractivity contribution in [2.45, 2.75) is 39.0 Å². The van der Waals surface area contributed by atoms with Crippen LogP contribution in [0, 0.1) is 5.92 Å². The zero-order valence-electron chi connectivity index (χ0n) is 15.4. The minimum Gasteiger partial charge on any atom is -0.461 e. The molecule has 5 nitrogen and oxygen atoms in total. The van der Waals surface area contributed by atoms with Crippen molar-refractivity contribution in [1.29, 1.82) is 0 Å². The topological polar surface area (TPSA) is 51.3 Å². The molecule has 148 valence electrons. The van der Waals surface area contributed by atoms with Crippen LogP contribution in [0.15, 0.2) is 41.0 Å². The minimum absolute atomic E-state index is 0.0533. The molecule has 0 spiro atoms. The number of furan rings is 1. The van der Waals surface area contributed by atoms with Gasteiger partial charge in [0.25, 0.3) is 0 Å². The number of rotatable bonds is 5. The predicted octanol–water partition coefficient (Wildman–Crippen LogP) is 4.92.